The van der Waals surface area contributed by atoms with E-state index in [1.54, 1.807) is 0 Å². The standard InChI is InChI=1S/C16H25NO2/c1-12-7-8-16(9-13(12)2)19-11-15(18)10-17-14-5-3-4-6-14/h7-9,14-15,17-18H,3-6,10-11H2,1-2H3/p+1/t15-/m1/s1. The molecule has 1 aromatic carbocycles. The van der Waals surface area contributed by atoms with Gasteiger partial charge in [0.25, 0.3) is 0 Å². The van der Waals surface area contributed by atoms with Gasteiger partial charge < -0.3 is 15.2 Å². The van der Waals surface area contributed by atoms with Crippen molar-refractivity contribution in [3.8, 4) is 5.75 Å². The predicted molar refractivity (Wildman–Crippen MR) is 76.5 cm³/mol. The number of hydrogen-bond acceptors (Lipinski definition) is 2. The van der Waals surface area contributed by atoms with E-state index >= 15 is 0 Å². The highest BCUT2D eigenvalue weighted by Crippen LogP contribution is 2.16. The molecule has 0 saturated heterocycles. The van der Waals surface area contributed by atoms with Crippen molar-refractivity contribution in [3.05, 3.63) is 29.3 Å². The number of aliphatic hydroxyl groups excluding tert-OH is 1. The molecule has 1 aliphatic rings. The Kier molecular flexibility index (Phi) is 5.23. The van der Waals surface area contributed by atoms with E-state index in [-0.39, 0.29) is 6.10 Å². The van der Waals surface area contributed by atoms with Crippen LogP contribution in [0.5, 0.6) is 5.75 Å². The molecule has 1 saturated carbocycles. The van der Waals surface area contributed by atoms with Gasteiger partial charge in [-0.25, -0.2) is 0 Å². The van der Waals surface area contributed by atoms with Crippen molar-refractivity contribution in [1.29, 1.82) is 0 Å². The molecule has 0 unspecified atom stereocenters. The molecule has 2 rings (SSSR count). The lowest BCUT2D eigenvalue weighted by molar-refractivity contribution is -0.693. The van der Waals surface area contributed by atoms with Crippen molar-refractivity contribution >= 4 is 0 Å². The number of nitrogens with two attached hydrogens (primary N) is 1. The van der Waals surface area contributed by atoms with Crippen molar-refractivity contribution in [2.24, 2.45) is 0 Å². The second-order valence-corrected chi connectivity index (χ2v) is 5.73. The van der Waals surface area contributed by atoms with Gasteiger partial charge in [-0.1, -0.05) is 6.07 Å². The largest absolute Gasteiger partial charge is 0.491 e. The highest BCUT2D eigenvalue weighted by molar-refractivity contribution is 5.33. The van der Waals surface area contributed by atoms with Crippen molar-refractivity contribution in [2.45, 2.75) is 51.7 Å². The van der Waals surface area contributed by atoms with E-state index < -0.39 is 0 Å². The van der Waals surface area contributed by atoms with Crippen molar-refractivity contribution < 1.29 is 15.2 Å². The Bertz CT molecular complexity index is 400. The smallest absolute Gasteiger partial charge is 0.137 e. The van der Waals surface area contributed by atoms with E-state index in [1.165, 1.54) is 36.8 Å². The summed E-state index contributed by atoms with van der Waals surface area (Å²) in [5.41, 5.74) is 2.49. The lowest BCUT2D eigenvalue weighted by atomic mass is 10.1. The molecule has 0 spiro atoms. The SMILES string of the molecule is Cc1ccc(OC[C@H](O)C[NH2+]C2CCCC2)cc1C. The first-order valence-corrected chi connectivity index (χ1v) is 7.36. The van der Waals surface area contributed by atoms with E-state index in [0.717, 1.165) is 18.3 Å². The fraction of sp³-hybridized carbons (Fsp3) is 0.625. The number of hydrogen-bond donors (Lipinski definition) is 2. The maximum absolute atomic E-state index is 9.94. The monoisotopic (exact) mass is 264 g/mol. The summed E-state index contributed by atoms with van der Waals surface area (Å²) < 4.78 is 5.65. The zero-order valence-electron chi connectivity index (χ0n) is 12.1. The van der Waals surface area contributed by atoms with Gasteiger partial charge in [-0.15, -0.1) is 0 Å². The van der Waals surface area contributed by atoms with Crippen LogP contribution in [0.3, 0.4) is 0 Å². The van der Waals surface area contributed by atoms with Crippen LogP contribution in [0.1, 0.15) is 36.8 Å². The first-order valence-electron chi connectivity index (χ1n) is 7.36. The summed E-state index contributed by atoms with van der Waals surface area (Å²) in [6, 6.07) is 6.77. The van der Waals surface area contributed by atoms with E-state index in [9.17, 15) is 5.11 Å². The Morgan fingerprint density at radius 1 is 1.26 bits per heavy atom. The number of aryl methyl sites for hydroxylation is 2. The topological polar surface area (TPSA) is 46.1 Å². The normalized spacial score (nSPS) is 17.6. The van der Waals surface area contributed by atoms with E-state index in [2.05, 4.69) is 25.2 Å². The highest BCUT2D eigenvalue weighted by Gasteiger charge is 2.19. The molecule has 0 radical (unpaired) electrons. The zero-order valence-corrected chi connectivity index (χ0v) is 12.1. The van der Waals surface area contributed by atoms with Crippen LogP contribution in [-0.2, 0) is 0 Å². The highest BCUT2D eigenvalue weighted by atomic mass is 16.5. The molecule has 1 aromatic rings. The van der Waals surface area contributed by atoms with Gasteiger partial charge in [0.1, 0.15) is 25.0 Å². The Labute approximate surface area is 116 Å². The third-order valence-corrected chi connectivity index (χ3v) is 4.06. The number of ether oxygens (including phenoxy) is 1. The Morgan fingerprint density at radius 2 is 2.00 bits per heavy atom. The minimum absolute atomic E-state index is 0.381. The van der Waals surface area contributed by atoms with Gasteiger partial charge in [-0.05, 0) is 62.8 Å². The lowest BCUT2D eigenvalue weighted by Crippen LogP contribution is -2.91. The van der Waals surface area contributed by atoms with Crippen LogP contribution in [0.4, 0.5) is 0 Å². The van der Waals surface area contributed by atoms with Crippen LogP contribution in [-0.4, -0.2) is 30.4 Å². The maximum Gasteiger partial charge on any atom is 0.137 e. The summed E-state index contributed by atoms with van der Waals surface area (Å²) in [5.74, 6) is 0.850. The molecule has 1 atom stereocenters. The molecule has 0 bridgehead atoms. The molecular weight excluding hydrogens is 238 g/mol. The zero-order chi connectivity index (χ0) is 13.7. The molecule has 3 heteroatoms. The number of aliphatic hydroxyl groups is 1. The Hall–Kier alpha value is -1.06. The first kappa shape index (κ1) is 14.4. The number of quaternary nitrogens is 1. The van der Waals surface area contributed by atoms with Gasteiger partial charge >= 0.3 is 0 Å². The van der Waals surface area contributed by atoms with Crippen molar-refractivity contribution in [1.82, 2.24) is 0 Å². The summed E-state index contributed by atoms with van der Waals surface area (Å²) >= 11 is 0. The molecular formula is C16H26NO2+. The summed E-state index contributed by atoms with van der Waals surface area (Å²) in [5, 5.41) is 12.2. The second kappa shape index (κ2) is 6.92. The summed E-state index contributed by atoms with van der Waals surface area (Å²) in [4.78, 5) is 0. The van der Waals surface area contributed by atoms with E-state index in [4.69, 9.17) is 4.74 Å². The third-order valence-electron chi connectivity index (χ3n) is 4.06. The minimum atomic E-state index is -0.387. The van der Waals surface area contributed by atoms with Crippen LogP contribution >= 0.6 is 0 Å². The fourth-order valence-corrected chi connectivity index (χ4v) is 2.61. The van der Waals surface area contributed by atoms with E-state index in [0.29, 0.717) is 6.61 Å². The summed E-state index contributed by atoms with van der Waals surface area (Å²) in [7, 11) is 0. The molecule has 3 nitrogen and oxygen atoms in total. The molecule has 0 aromatic heterocycles. The van der Waals surface area contributed by atoms with Crippen LogP contribution in [0.2, 0.25) is 0 Å². The average Bonchev–Trinajstić information content (AvgIpc) is 2.91. The van der Waals surface area contributed by atoms with E-state index in [1.807, 2.05) is 12.1 Å². The van der Waals surface area contributed by atoms with Crippen LogP contribution < -0.4 is 10.1 Å². The summed E-state index contributed by atoms with van der Waals surface area (Å²) in [6.45, 7) is 5.29. The molecule has 0 heterocycles. The second-order valence-electron chi connectivity index (χ2n) is 5.73. The first-order chi connectivity index (χ1) is 9.15. The molecule has 3 N–H and O–H groups in total. The van der Waals surface area contributed by atoms with Crippen LogP contribution in [0, 0.1) is 13.8 Å². The molecule has 1 fully saturated rings. The summed E-state index contributed by atoms with van der Waals surface area (Å²) in [6.07, 6.45) is 4.89. The lowest BCUT2D eigenvalue weighted by Gasteiger charge is -2.14. The van der Waals surface area contributed by atoms with Crippen molar-refractivity contribution in [3.63, 3.8) is 0 Å². The molecule has 106 valence electrons. The predicted octanol–water partition coefficient (Wildman–Crippen LogP) is 1.55. The van der Waals surface area contributed by atoms with Gasteiger partial charge in [-0.3, -0.25) is 0 Å². The maximum atomic E-state index is 9.94. The quantitative estimate of drug-likeness (QED) is 0.819. The van der Waals surface area contributed by atoms with Crippen LogP contribution in [0.25, 0.3) is 0 Å². The molecule has 0 amide bonds. The van der Waals surface area contributed by atoms with Gasteiger partial charge in [-0.2, -0.15) is 0 Å². The number of benzene rings is 1. The average molecular weight is 264 g/mol. The van der Waals surface area contributed by atoms with Gasteiger partial charge in [0.05, 0.1) is 6.04 Å². The molecule has 0 aliphatic heterocycles. The Balaban J connectivity index is 1.70. The minimum Gasteiger partial charge on any atom is -0.491 e. The third kappa shape index (κ3) is 4.51. The van der Waals surface area contributed by atoms with Crippen LogP contribution in [0.15, 0.2) is 18.2 Å². The van der Waals surface area contributed by atoms with Crippen molar-refractivity contribution in [2.75, 3.05) is 13.2 Å². The Morgan fingerprint density at radius 3 is 2.68 bits per heavy atom. The van der Waals surface area contributed by atoms with Gasteiger partial charge in [0.2, 0.25) is 0 Å². The van der Waals surface area contributed by atoms with Gasteiger partial charge in [0.15, 0.2) is 0 Å². The number of rotatable bonds is 6. The fourth-order valence-electron chi connectivity index (χ4n) is 2.61. The molecule has 1 aliphatic carbocycles. The molecule has 19 heavy (non-hydrogen) atoms. The van der Waals surface area contributed by atoms with Gasteiger partial charge in [0, 0.05) is 0 Å².